The summed E-state index contributed by atoms with van der Waals surface area (Å²) in [5.41, 5.74) is 4.71. The third-order valence-electron chi connectivity index (χ3n) is 4.28. The molecule has 25 heavy (non-hydrogen) atoms. The maximum atomic E-state index is 12.6. The maximum absolute atomic E-state index is 12.6. The molecule has 5 nitrogen and oxygen atoms in total. The number of rotatable bonds is 7. The summed E-state index contributed by atoms with van der Waals surface area (Å²) in [7, 11) is 4.06. The molecular formula is C20H25N3O2. The zero-order valence-corrected chi connectivity index (χ0v) is 15.1. The van der Waals surface area contributed by atoms with Crippen molar-refractivity contribution < 1.29 is 9.21 Å². The van der Waals surface area contributed by atoms with Crippen molar-refractivity contribution in [3.05, 3.63) is 59.5 Å². The second-order valence-electron chi connectivity index (χ2n) is 6.68. The minimum Gasteiger partial charge on any atom is -0.463 e. The zero-order chi connectivity index (χ0) is 17.8. The summed E-state index contributed by atoms with van der Waals surface area (Å²) in [5.74, 6) is -0.0581. The monoisotopic (exact) mass is 339 g/mol. The average molecular weight is 339 g/mol. The molecule has 2 aromatic heterocycles. The Morgan fingerprint density at radius 2 is 1.96 bits per heavy atom. The van der Waals surface area contributed by atoms with Gasteiger partial charge in [-0.25, -0.2) is 0 Å². The van der Waals surface area contributed by atoms with Crippen molar-refractivity contribution in [3.8, 4) is 0 Å². The maximum Gasteiger partial charge on any atom is 0.268 e. The third-order valence-corrected chi connectivity index (χ3v) is 4.28. The van der Waals surface area contributed by atoms with Crippen LogP contribution in [-0.2, 0) is 6.54 Å². The van der Waals surface area contributed by atoms with Gasteiger partial charge in [0.2, 0.25) is 0 Å². The van der Waals surface area contributed by atoms with Gasteiger partial charge in [0.15, 0.2) is 5.58 Å². The second kappa shape index (κ2) is 7.57. The minimum atomic E-state index is -0.0581. The number of hydrogen-bond donors (Lipinski definition) is 1. The molecule has 1 N–H and O–H groups in total. The molecule has 0 unspecified atom stereocenters. The molecule has 1 amide bonds. The number of furan rings is 1. The van der Waals surface area contributed by atoms with E-state index < -0.39 is 0 Å². The topological polar surface area (TPSA) is 50.4 Å². The van der Waals surface area contributed by atoms with Crippen LogP contribution in [0.4, 0.5) is 0 Å². The molecule has 1 aromatic carbocycles. The highest BCUT2D eigenvalue weighted by Gasteiger charge is 2.17. The number of hydrogen-bond acceptors (Lipinski definition) is 3. The summed E-state index contributed by atoms with van der Waals surface area (Å²) in [6.45, 7) is 4.32. The second-order valence-corrected chi connectivity index (χ2v) is 6.68. The van der Waals surface area contributed by atoms with Crippen LogP contribution in [-0.4, -0.2) is 42.6 Å². The fourth-order valence-corrected chi connectivity index (χ4v) is 2.90. The molecule has 3 rings (SSSR count). The summed E-state index contributed by atoms with van der Waals surface area (Å²) in [4.78, 5) is 14.7. The molecule has 0 spiro atoms. The highest BCUT2D eigenvalue weighted by Crippen LogP contribution is 2.22. The Morgan fingerprint density at radius 3 is 2.68 bits per heavy atom. The van der Waals surface area contributed by atoms with E-state index in [9.17, 15) is 4.79 Å². The molecule has 2 heterocycles. The van der Waals surface area contributed by atoms with Gasteiger partial charge in [-0.3, -0.25) is 4.79 Å². The van der Waals surface area contributed by atoms with Gasteiger partial charge in [0.1, 0.15) is 5.69 Å². The van der Waals surface area contributed by atoms with Crippen LogP contribution in [0.2, 0.25) is 0 Å². The highest BCUT2D eigenvalue weighted by atomic mass is 16.3. The van der Waals surface area contributed by atoms with Crippen LogP contribution in [0, 0.1) is 6.92 Å². The van der Waals surface area contributed by atoms with Crippen LogP contribution in [0.25, 0.3) is 11.1 Å². The molecule has 132 valence electrons. The fraction of sp³-hybridized carbons (Fsp3) is 0.350. The molecule has 0 bridgehead atoms. The summed E-state index contributed by atoms with van der Waals surface area (Å²) in [6, 6.07) is 12.1. The van der Waals surface area contributed by atoms with Gasteiger partial charge in [0.05, 0.1) is 11.8 Å². The van der Waals surface area contributed by atoms with Crippen molar-refractivity contribution in [2.75, 3.05) is 27.2 Å². The van der Waals surface area contributed by atoms with Crippen LogP contribution in [0.1, 0.15) is 28.0 Å². The molecule has 3 aromatic rings. The minimum absolute atomic E-state index is 0.0581. The Labute approximate surface area is 148 Å². The van der Waals surface area contributed by atoms with Crippen molar-refractivity contribution in [1.82, 2.24) is 14.8 Å². The molecular weight excluding hydrogens is 314 g/mol. The van der Waals surface area contributed by atoms with E-state index in [4.69, 9.17) is 4.42 Å². The average Bonchev–Trinajstić information content (AvgIpc) is 3.16. The van der Waals surface area contributed by atoms with Gasteiger partial charge < -0.3 is 19.2 Å². The predicted octanol–water partition coefficient (Wildman–Crippen LogP) is 3.27. The first-order valence-electron chi connectivity index (χ1n) is 8.60. The number of aromatic nitrogens is 1. The molecule has 0 aliphatic heterocycles. The van der Waals surface area contributed by atoms with Crippen molar-refractivity contribution in [2.45, 2.75) is 19.9 Å². The molecule has 0 atom stereocenters. The van der Waals surface area contributed by atoms with Crippen molar-refractivity contribution in [3.63, 3.8) is 0 Å². The lowest BCUT2D eigenvalue weighted by Gasteiger charge is -2.12. The number of nitrogens with zero attached hydrogens (tertiary/aromatic N) is 2. The van der Waals surface area contributed by atoms with E-state index >= 15 is 0 Å². The van der Waals surface area contributed by atoms with Crippen LogP contribution in [0.3, 0.4) is 0 Å². The van der Waals surface area contributed by atoms with E-state index in [1.54, 1.807) is 6.26 Å². The lowest BCUT2D eigenvalue weighted by Crippen LogP contribution is -2.29. The predicted molar refractivity (Wildman–Crippen MR) is 100.0 cm³/mol. The van der Waals surface area contributed by atoms with Crippen LogP contribution in [0.5, 0.6) is 0 Å². The Hall–Kier alpha value is -2.53. The van der Waals surface area contributed by atoms with Crippen molar-refractivity contribution >= 4 is 17.0 Å². The van der Waals surface area contributed by atoms with E-state index in [-0.39, 0.29) is 5.91 Å². The zero-order valence-electron chi connectivity index (χ0n) is 15.1. The van der Waals surface area contributed by atoms with Gasteiger partial charge >= 0.3 is 0 Å². The highest BCUT2D eigenvalue weighted by molar-refractivity contribution is 5.97. The van der Waals surface area contributed by atoms with Crippen molar-refractivity contribution in [2.24, 2.45) is 0 Å². The van der Waals surface area contributed by atoms with E-state index in [0.29, 0.717) is 18.8 Å². The van der Waals surface area contributed by atoms with Gasteiger partial charge in [-0.15, -0.1) is 0 Å². The van der Waals surface area contributed by atoms with Gasteiger partial charge in [-0.2, -0.15) is 0 Å². The summed E-state index contributed by atoms with van der Waals surface area (Å²) in [5, 5.41) is 3.01. The number of nitrogens with one attached hydrogen (secondary N) is 1. The lowest BCUT2D eigenvalue weighted by atomic mass is 10.1. The quantitative estimate of drug-likeness (QED) is 0.672. The van der Waals surface area contributed by atoms with E-state index in [0.717, 1.165) is 29.6 Å². The van der Waals surface area contributed by atoms with E-state index in [1.165, 1.54) is 5.56 Å². The standard InChI is InChI=1S/C20H25N3O2/c1-15-5-7-16(8-6-15)14-23-17-9-12-25-19(17)13-18(23)20(24)21-10-4-11-22(2)3/h5-9,12-13H,4,10-11,14H2,1-3H3,(H,21,24). The van der Waals surface area contributed by atoms with Crippen LogP contribution in [0.15, 0.2) is 47.1 Å². The number of amides is 1. The lowest BCUT2D eigenvalue weighted by molar-refractivity contribution is 0.0944. The largest absolute Gasteiger partial charge is 0.463 e. The Kier molecular flexibility index (Phi) is 5.24. The van der Waals surface area contributed by atoms with E-state index in [2.05, 4.69) is 41.4 Å². The SMILES string of the molecule is Cc1ccc(Cn2c(C(=O)NCCCN(C)C)cc3occc32)cc1. The van der Waals surface area contributed by atoms with Gasteiger partial charge in [0.25, 0.3) is 5.91 Å². The Bertz CT molecular complexity index is 844. The Morgan fingerprint density at radius 1 is 1.20 bits per heavy atom. The first-order valence-corrected chi connectivity index (χ1v) is 8.60. The number of fused-ring (bicyclic) bond motifs is 1. The fourth-order valence-electron chi connectivity index (χ4n) is 2.90. The van der Waals surface area contributed by atoms with E-state index in [1.807, 2.05) is 30.8 Å². The molecule has 0 aliphatic rings. The van der Waals surface area contributed by atoms with Gasteiger partial charge in [0, 0.05) is 25.2 Å². The number of aryl methyl sites for hydroxylation is 1. The molecule has 0 radical (unpaired) electrons. The summed E-state index contributed by atoms with van der Waals surface area (Å²) in [6.07, 6.45) is 2.59. The van der Waals surface area contributed by atoms with Gasteiger partial charge in [-0.05, 0) is 39.5 Å². The number of carbonyl (C=O) groups is 1. The molecule has 0 aliphatic carbocycles. The van der Waals surface area contributed by atoms with Crippen LogP contribution < -0.4 is 5.32 Å². The molecule has 0 saturated carbocycles. The normalized spacial score (nSPS) is 11.4. The third kappa shape index (κ3) is 4.12. The Balaban J connectivity index is 1.79. The van der Waals surface area contributed by atoms with Crippen LogP contribution >= 0.6 is 0 Å². The smallest absolute Gasteiger partial charge is 0.268 e. The molecule has 5 heteroatoms. The van der Waals surface area contributed by atoms with Crippen molar-refractivity contribution in [1.29, 1.82) is 0 Å². The number of carbonyl (C=O) groups excluding carboxylic acids is 1. The molecule has 0 saturated heterocycles. The van der Waals surface area contributed by atoms with Gasteiger partial charge in [-0.1, -0.05) is 29.8 Å². The first kappa shape index (κ1) is 17.3. The first-order chi connectivity index (χ1) is 12.0. The number of benzene rings is 1. The summed E-state index contributed by atoms with van der Waals surface area (Å²) < 4.78 is 7.51. The summed E-state index contributed by atoms with van der Waals surface area (Å²) >= 11 is 0. The molecule has 0 fully saturated rings.